The SMILES string of the molecule is O=C(O)[C@@H]1[C@H]2C[C@H]3[C@@H](OC(=O)[C@H]31)[C@H]2Br. The van der Waals surface area contributed by atoms with Gasteiger partial charge in [0.2, 0.25) is 0 Å². The lowest BCUT2D eigenvalue weighted by Crippen LogP contribution is -2.37. The Kier molecular flexibility index (Phi) is 1.56. The Morgan fingerprint density at radius 3 is 2.86 bits per heavy atom. The summed E-state index contributed by atoms with van der Waals surface area (Å²) in [5, 5.41) is 9.06. The molecule has 1 N–H and O–H groups in total. The third-order valence-electron chi connectivity index (χ3n) is 3.81. The molecule has 6 atom stereocenters. The van der Waals surface area contributed by atoms with Crippen molar-refractivity contribution in [1.82, 2.24) is 0 Å². The van der Waals surface area contributed by atoms with Crippen molar-refractivity contribution in [1.29, 1.82) is 0 Å². The van der Waals surface area contributed by atoms with Crippen molar-refractivity contribution >= 4 is 27.9 Å². The van der Waals surface area contributed by atoms with Crippen molar-refractivity contribution in [3.05, 3.63) is 0 Å². The average Bonchev–Trinajstić information content (AvgIpc) is 2.67. The molecular weight excluding hydrogens is 252 g/mol. The van der Waals surface area contributed by atoms with Gasteiger partial charge in [-0.25, -0.2) is 0 Å². The van der Waals surface area contributed by atoms with Gasteiger partial charge < -0.3 is 9.84 Å². The summed E-state index contributed by atoms with van der Waals surface area (Å²) in [6, 6.07) is 0. The fourth-order valence-corrected chi connectivity index (χ4v) is 4.35. The van der Waals surface area contributed by atoms with Gasteiger partial charge in [0.15, 0.2) is 0 Å². The molecule has 0 amide bonds. The summed E-state index contributed by atoms with van der Waals surface area (Å²) in [5.74, 6) is -1.87. The Bertz CT molecular complexity index is 329. The molecule has 2 saturated carbocycles. The highest BCUT2D eigenvalue weighted by Crippen LogP contribution is 2.59. The van der Waals surface area contributed by atoms with E-state index in [9.17, 15) is 9.59 Å². The Morgan fingerprint density at radius 2 is 2.21 bits per heavy atom. The Labute approximate surface area is 88.7 Å². The van der Waals surface area contributed by atoms with Gasteiger partial charge in [0.25, 0.3) is 0 Å². The van der Waals surface area contributed by atoms with E-state index in [1.807, 2.05) is 0 Å². The number of carbonyl (C=O) groups is 2. The average molecular weight is 261 g/mol. The van der Waals surface area contributed by atoms with E-state index in [4.69, 9.17) is 9.84 Å². The number of hydrogen-bond acceptors (Lipinski definition) is 3. The van der Waals surface area contributed by atoms with Gasteiger partial charge in [0.05, 0.1) is 16.7 Å². The zero-order valence-corrected chi connectivity index (χ0v) is 8.81. The summed E-state index contributed by atoms with van der Waals surface area (Å²) in [6.45, 7) is 0. The summed E-state index contributed by atoms with van der Waals surface area (Å²) in [6.07, 6.45) is 0.738. The molecule has 2 aliphatic carbocycles. The van der Waals surface area contributed by atoms with Crippen molar-refractivity contribution in [3.8, 4) is 0 Å². The van der Waals surface area contributed by atoms with Gasteiger partial charge in [-0.2, -0.15) is 0 Å². The van der Waals surface area contributed by atoms with Crippen LogP contribution >= 0.6 is 15.9 Å². The maximum Gasteiger partial charge on any atom is 0.310 e. The number of ether oxygens (including phenoxy) is 1. The minimum atomic E-state index is -0.857. The van der Waals surface area contributed by atoms with Crippen molar-refractivity contribution in [2.75, 3.05) is 0 Å². The number of fused-ring (bicyclic) bond motifs is 1. The molecule has 5 heteroatoms. The molecule has 0 aromatic heterocycles. The van der Waals surface area contributed by atoms with E-state index in [1.54, 1.807) is 0 Å². The van der Waals surface area contributed by atoms with Crippen molar-refractivity contribution < 1.29 is 19.4 Å². The molecule has 1 heterocycles. The lowest BCUT2D eigenvalue weighted by molar-refractivity contribution is -0.151. The van der Waals surface area contributed by atoms with E-state index >= 15 is 0 Å². The molecule has 76 valence electrons. The second-order valence-electron chi connectivity index (χ2n) is 4.30. The van der Waals surface area contributed by atoms with Gasteiger partial charge in [-0.1, -0.05) is 15.9 Å². The van der Waals surface area contributed by atoms with Crippen molar-refractivity contribution in [2.45, 2.75) is 17.4 Å². The first-order valence-electron chi connectivity index (χ1n) is 4.68. The van der Waals surface area contributed by atoms with E-state index in [0.717, 1.165) is 6.42 Å². The molecular formula is C9H9BrO4. The number of esters is 1. The van der Waals surface area contributed by atoms with Gasteiger partial charge >= 0.3 is 11.9 Å². The third-order valence-corrected chi connectivity index (χ3v) is 5.01. The molecule has 0 spiro atoms. The quantitative estimate of drug-likeness (QED) is 0.555. The third kappa shape index (κ3) is 0.798. The van der Waals surface area contributed by atoms with E-state index < -0.39 is 11.9 Å². The van der Waals surface area contributed by atoms with Crippen molar-refractivity contribution in [3.63, 3.8) is 0 Å². The van der Waals surface area contributed by atoms with Gasteiger partial charge in [-0.05, 0) is 12.3 Å². The van der Waals surface area contributed by atoms with Crippen LogP contribution in [0, 0.1) is 23.7 Å². The van der Waals surface area contributed by atoms with E-state index in [-0.39, 0.29) is 34.7 Å². The smallest absolute Gasteiger partial charge is 0.310 e. The number of carboxylic acids is 1. The topological polar surface area (TPSA) is 63.6 Å². The fraction of sp³-hybridized carbons (Fsp3) is 0.778. The maximum absolute atomic E-state index is 11.4. The van der Waals surface area contributed by atoms with Crippen LogP contribution in [0.5, 0.6) is 0 Å². The predicted octanol–water partition coefficient (Wildman–Crippen LogP) is 0.642. The number of hydrogen-bond donors (Lipinski definition) is 1. The highest BCUT2D eigenvalue weighted by atomic mass is 79.9. The minimum absolute atomic E-state index is 0.0382. The van der Waals surface area contributed by atoms with Gasteiger partial charge in [-0.3, -0.25) is 9.59 Å². The van der Waals surface area contributed by atoms with Crippen LogP contribution in [-0.2, 0) is 14.3 Å². The van der Waals surface area contributed by atoms with Crippen molar-refractivity contribution in [2.24, 2.45) is 23.7 Å². The van der Waals surface area contributed by atoms with E-state index in [2.05, 4.69) is 15.9 Å². The van der Waals surface area contributed by atoms with Crippen LogP contribution in [0.4, 0.5) is 0 Å². The summed E-state index contributed by atoms with van der Waals surface area (Å²) in [7, 11) is 0. The maximum atomic E-state index is 11.4. The number of rotatable bonds is 1. The molecule has 4 nitrogen and oxygen atoms in total. The number of carboxylic acid groups (broad SMARTS) is 1. The van der Waals surface area contributed by atoms with E-state index in [1.165, 1.54) is 0 Å². The summed E-state index contributed by atoms with van der Waals surface area (Å²) in [4.78, 5) is 22.5. The highest BCUT2D eigenvalue weighted by molar-refractivity contribution is 9.09. The molecule has 2 bridgehead atoms. The van der Waals surface area contributed by atoms with Crippen LogP contribution < -0.4 is 0 Å². The predicted molar refractivity (Wildman–Crippen MR) is 48.8 cm³/mol. The van der Waals surface area contributed by atoms with Crippen LogP contribution in [0.3, 0.4) is 0 Å². The molecule has 3 fully saturated rings. The minimum Gasteiger partial charge on any atom is -0.481 e. The first kappa shape index (κ1) is 8.71. The normalized spacial score (nSPS) is 53.6. The molecule has 1 saturated heterocycles. The number of carbonyl (C=O) groups excluding carboxylic acids is 1. The first-order chi connectivity index (χ1) is 6.61. The summed E-state index contributed by atoms with van der Waals surface area (Å²) >= 11 is 3.44. The molecule has 1 aliphatic heterocycles. The van der Waals surface area contributed by atoms with Crippen LogP contribution in [-0.4, -0.2) is 28.0 Å². The Balaban J connectivity index is 2.04. The Hall–Kier alpha value is -0.580. The fourth-order valence-electron chi connectivity index (χ4n) is 3.31. The molecule has 14 heavy (non-hydrogen) atoms. The zero-order chi connectivity index (χ0) is 10.0. The number of aliphatic carboxylic acids is 1. The number of alkyl halides is 1. The molecule has 3 aliphatic rings. The summed E-state index contributed by atoms with van der Waals surface area (Å²) < 4.78 is 5.18. The van der Waals surface area contributed by atoms with E-state index in [0.29, 0.717) is 0 Å². The molecule has 0 unspecified atom stereocenters. The van der Waals surface area contributed by atoms with Crippen LogP contribution in [0.2, 0.25) is 0 Å². The Morgan fingerprint density at radius 1 is 1.50 bits per heavy atom. The molecule has 0 aromatic rings. The van der Waals surface area contributed by atoms with Gasteiger partial charge in [0.1, 0.15) is 6.10 Å². The lowest BCUT2D eigenvalue weighted by Gasteiger charge is -2.25. The first-order valence-corrected chi connectivity index (χ1v) is 5.60. The second kappa shape index (κ2) is 2.51. The van der Waals surface area contributed by atoms with Crippen LogP contribution in [0.1, 0.15) is 6.42 Å². The van der Waals surface area contributed by atoms with Crippen LogP contribution in [0.25, 0.3) is 0 Å². The molecule has 0 radical (unpaired) electrons. The largest absolute Gasteiger partial charge is 0.481 e. The highest BCUT2D eigenvalue weighted by Gasteiger charge is 2.67. The molecule has 0 aromatic carbocycles. The standard InChI is InChI=1S/C9H9BrO4/c10-6-2-1-3-5(4(2)8(11)12)9(13)14-7(3)6/h2-7H,1H2,(H,11,12)/t2-,3-,4-,5-,6+,7-/m1/s1. The zero-order valence-electron chi connectivity index (χ0n) is 7.22. The van der Waals surface area contributed by atoms with Gasteiger partial charge in [0, 0.05) is 5.92 Å². The van der Waals surface area contributed by atoms with Crippen LogP contribution in [0.15, 0.2) is 0 Å². The monoisotopic (exact) mass is 260 g/mol. The van der Waals surface area contributed by atoms with Gasteiger partial charge in [-0.15, -0.1) is 0 Å². The second-order valence-corrected chi connectivity index (χ2v) is 5.36. The number of halogens is 1. The lowest BCUT2D eigenvalue weighted by atomic mass is 9.80. The summed E-state index contributed by atoms with van der Waals surface area (Å²) in [5.41, 5.74) is 0. The molecule has 3 rings (SSSR count).